The fourth-order valence-electron chi connectivity index (χ4n) is 3.88. The topological polar surface area (TPSA) is 99.2 Å². The van der Waals surface area contributed by atoms with Gasteiger partial charge in [-0.15, -0.1) is 0 Å². The first kappa shape index (κ1) is 19.8. The maximum atomic E-state index is 14.6. The Morgan fingerprint density at radius 1 is 1.28 bits per heavy atom. The van der Waals surface area contributed by atoms with Crippen LogP contribution >= 0.6 is 12.6 Å². The molecule has 0 radical (unpaired) electrons. The number of ketones is 1. The summed E-state index contributed by atoms with van der Waals surface area (Å²) in [6, 6.07) is 5.54. The van der Waals surface area contributed by atoms with Crippen molar-refractivity contribution < 1.29 is 19.1 Å². The number of piperidine rings is 1. The lowest BCUT2D eigenvalue weighted by atomic mass is 9.91. The number of H-pyrrole nitrogens is 1. The van der Waals surface area contributed by atoms with Gasteiger partial charge in [-0.25, -0.2) is 9.18 Å². The van der Waals surface area contributed by atoms with Crippen molar-refractivity contribution in [1.82, 2.24) is 20.3 Å². The first-order valence-corrected chi connectivity index (χ1v) is 10.0. The van der Waals surface area contributed by atoms with Crippen molar-refractivity contribution in [2.24, 2.45) is 5.92 Å². The van der Waals surface area contributed by atoms with Crippen LogP contribution in [0.4, 0.5) is 4.39 Å². The number of carboxylic acids is 1. The predicted molar refractivity (Wildman–Crippen MR) is 107 cm³/mol. The third-order valence-electron chi connectivity index (χ3n) is 5.49. The van der Waals surface area contributed by atoms with E-state index < -0.39 is 17.8 Å². The van der Waals surface area contributed by atoms with Crippen LogP contribution < -0.4 is 0 Å². The summed E-state index contributed by atoms with van der Waals surface area (Å²) in [6.07, 6.45) is 3.51. The number of nitrogens with zero attached hydrogens (tertiary/aromatic N) is 3. The summed E-state index contributed by atoms with van der Waals surface area (Å²) in [6.45, 7) is 0.709. The number of carboxylic acid groups (broad SMARTS) is 1. The van der Waals surface area contributed by atoms with E-state index in [1.807, 2.05) is 4.90 Å². The molecule has 2 N–H and O–H groups in total. The first-order chi connectivity index (χ1) is 14.0. The van der Waals surface area contributed by atoms with Crippen molar-refractivity contribution in [3.63, 3.8) is 0 Å². The maximum Gasteiger partial charge on any atom is 0.338 e. The molecule has 1 aliphatic carbocycles. The summed E-state index contributed by atoms with van der Waals surface area (Å²) in [5, 5.41) is 19.5. The normalized spacial score (nSPS) is 22.9. The molecule has 1 saturated carbocycles. The number of aliphatic carboxylic acids is 1. The Morgan fingerprint density at radius 3 is 2.66 bits per heavy atom. The van der Waals surface area contributed by atoms with Gasteiger partial charge in [0.2, 0.25) is 0 Å². The summed E-state index contributed by atoms with van der Waals surface area (Å²) in [7, 11) is 0. The van der Waals surface area contributed by atoms with Crippen LogP contribution in [0.15, 0.2) is 36.0 Å². The number of likely N-dealkylation sites (tertiary alicyclic amines) is 1. The number of Topliss-reactive ketones (excluding diaryl/α,β-unsaturated/α-hetero) is 1. The van der Waals surface area contributed by atoms with Gasteiger partial charge in [0.25, 0.3) is 0 Å². The molecule has 7 nitrogen and oxygen atoms in total. The van der Waals surface area contributed by atoms with Gasteiger partial charge in [0.05, 0.1) is 17.8 Å². The predicted octanol–water partition coefficient (Wildman–Crippen LogP) is 2.51. The molecular weight excluding hydrogens is 395 g/mol. The molecule has 2 atom stereocenters. The zero-order valence-corrected chi connectivity index (χ0v) is 16.5. The Labute approximate surface area is 172 Å². The average Bonchev–Trinajstić information content (AvgIpc) is 3.42. The van der Waals surface area contributed by atoms with Crippen molar-refractivity contribution in [1.29, 1.82) is 0 Å². The van der Waals surface area contributed by atoms with Crippen molar-refractivity contribution in [2.45, 2.75) is 30.6 Å². The molecule has 1 aromatic carbocycles. The number of hydrogen-bond acceptors (Lipinski definition) is 6. The molecule has 0 amide bonds. The Balaban J connectivity index is 1.75. The highest BCUT2D eigenvalue weighted by molar-refractivity contribution is 7.81. The second-order valence-electron chi connectivity index (χ2n) is 7.44. The lowest BCUT2D eigenvalue weighted by Crippen LogP contribution is -2.43. The number of aromatic amines is 1. The molecule has 4 rings (SSSR count). The number of halogens is 1. The van der Waals surface area contributed by atoms with Crippen LogP contribution in [0.25, 0.3) is 5.57 Å². The van der Waals surface area contributed by atoms with Gasteiger partial charge in [-0.1, -0.05) is 18.2 Å². The molecule has 2 heterocycles. The molecule has 29 heavy (non-hydrogen) atoms. The molecule has 2 aliphatic rings. The second kappa shape index (κ2) is 8.08. The third-order valence-corrected chi connectivity index (χ3v) is 6.06. The monoisotopic (exact) mass is 416 g/mol. The van der Waals surface area contributed by atoms with E-state index in [0.717, 1.165) is 12.8 Å². The fourth-order valence-corrected chi connectivity index (χ4v) is 4.21. The van der Waals surface area contributed by atoms with Crippen LogP contribution in [0.3, 0.4) is 0 Å². The van der Waals surface area contributed by atoms with Crippen molar-refractivity contribution in [2.75, 3.05) is 13.1 Å². The fraction of sp³-hybridized carbons (Fsp3) is 0.400. The first-order valence-electron chi connectivity index (χ1n) is 9.50. The van der Waals surface area contributed by atoms with Gasteiger partial charge in [-0.05, 0) is 30.9 Å². The third kappa shape index (κ3) is 3.97. The minimum Gasteiger partial charge on any atom is -0.478 e. The molecule has 9 heteroatoms. The van der Waals surface area contributed by atoms with Crippen LogP contribution in [0.5, 0.6) is 0 Å². The van der Waals surface area contributed by atoms with Gasteiger partial charge in [0.15, 0.2) is 5.78 Å². The smallest absolute Gasteiger partial charge is 0.338 e. The highest BCUT2D eigenvalue weighted by Gasteiger charge is 2.41. The van der Waals surface area contributed by atoms with Crippen molar-refractivity contribution in [3.05, 3.63) is 53.1 Å². The standard InChI is InChI=1S/C20H21FN4O3S/c21-14-4-2-1-3-12(14)18(19(26)11-5-6-11)25-8-7-16(29)13(10-25)17(20(27)28)15-9-22-24-23-15/h1-4,9,11,16,18,29H,5-8,10H2,(H,27,28)(H,22,23,24)/b17-13-. The van der Waals surface area contributed by atoms with Crippen molar-refractivity contribution >= 4 is 30.0 Å². The number of rotatable bonds is 6. The van der Waals surface area contributed by atoms with E-state index in [1.165, 1.54) is 12.3 Å². The zero-order chi connectivity index (χ0) is 20.5. The Bertz CT molecular complexity index is 958. The van der Waals surface area contributed by atoms with Crippen LogP contribution in [0.1, 0.15) is 36.6 Å². The van der Waals surface area contributed by atoms with E-state index in [1.54, 1.807) is 18.2 Å². The quantitative estimate of drug-likeness (QED) is 0.494. The summed E-state index contributed by atoms with van der Waals surface area (Å²) in [5.41, 5.74) is 1.12. The van der Waals surface area contributed by atoms with E-state index in [2.05, 4.69) is 28.0 Å². The molecule has 0 spiro atoms. The van der Waals surface area contributed by atoms with Gasteiger partial charge in [0.1, 0.15) is 11.5 Å². The maximum absolute atomic E-state index is 14.6. The van der Waals surface area contributed by atoms with Gasteiger partial charge in [0, 0.05) is 29.8 Å². The molecule has 2 unspecified atom stereocenters. The Kier molecular flexibility index (Phi) is 5.51. The van der Waals surface area contributed by atoms with E-state index in [-0.39, 0.29) is 34.8 Å². The Morgan fingerprint density at radius 2 is 2.03 bits per heavy atom. The zero-order valence-electron chi connectivity index (χ0n) is 15.6. The van der Waals surface area contributed by atoms with E-state index in [9.17, 15) is 19.1 Å². The number of benzene rings is 1. The molecule has 2 aromatic rings. The number of carbonyl (C=O) groups is 2. The highest BCUT2D eigenvalue weighted by Crippen LogP contribution is 2.40. The molecule has 152 valence electrons. The largest absolute Gasteiger partial charge is 0.478 e. The van der Waals surface area contributed by atoms with Gasteiger partial charge >= 0.3 is 5.97 Å². The number of aromatic nitrogens is 3. The average molecular weight is 416 g/mol. The number of thiol groups is 1. The summed E-state index contributed by atoms with van der Waals surface area (Å²) in [5.74, 6) is -1.63. The van der Waals surface area contributed by atoms with Crippen LogP contribution in [0, 0.1) is 11.7 Å². The molecule has 0 bridgehead atoms. The van der Waals surface area contributed by atoms with Crippen molar-refractivity contribution in [3.8, 4) is 0 Å². The summed E-state index contributed by atoms with van der Waals surface area (Å²) in [4.78, 5) is 26.9. The summed E-state index contributed by atoms with van der Waals surface area (Å²) >= 11 is 4.58. The van der Waals surface area contributed by atoms with Gasteiger partial charge < -0.3 is 5.11 Å². The SMILES string of the molecule is O=C(O)/C(=C1/CN(C(C(=O)C2CC2)c2ccccc2F)CCC1S)c1cn[nH]n1. The molecule has 1 aromatic heterocycles. The van der Waals surface area contributed by atoms with Gasteiger partial charge in [-0.2, -0.15) is 28.0 Å². The number of nitrogens with one attached hydrogen (secondary N) is 1. The van der Waals surface area contributed by atoms with E-state index >= 15 is 0 Å². The number of carbonyl (C=O) groups excluding carboxylic acids is 1. The molecule has 1 aliphatic heterocycles. The van der Waals surface area contributed by atoms with Gasteiger partial charge in [-0.3, -0.25) is 9.69 Å². The van der Waals surface area contributed by atoms with Crippen LogP contribution in [-0.2, 0) is 9.59 Å². The lowest BCUT2D eigenvalue weighted by Gasteiger charge is -2.38. The lowest BCUT2D eigenvalue weighted by molar-refractivity contribution is -0.130. The minimum atomic E-state index is -1.13. The molecular formula is C20H21FN4O3S. The van der Waals surface area contributed by atoms with Crippen LogP contribution in [-0.4, -0.2) is 55.5 Å². The second-order valence-corrected chi connectivity index (χ2v) is 8.06. The molecule has 2 fully saturated rings. The molecule has 1 saturated heterocycles. The highest BCUT2D eigenvalue weighted by atomic mass is 32.1. The summed E-state index contributed by atoms with van der Waals surface area (Å²) < 4.78 is 14.6. The van der Waals surface area contributed by atoms with E-state index in [0.29, 0.717) is 24.1 Å². The van der Waals surface area contributed by atoms with Crippen LogP contribution in [0.2, 0.25) is 0 Å². The van der Waals surface area contributed by atoms with E-state index in [4.69, 9.17) is 0 Å². The minimum absolute atomic E-state index is 0.00891. The Hall–Kier alpha value is -2.52. The number of hydrogen-bond donors (Lipinski definition) is 3.